The van der Waals surface area contributed by atoms with Crippen molar-refractivity contribution < 1.29 is 4.79 Å². The molecule has 1 saturated heterocycles. The van der Waals surface area contributed by atoms with Gasteiger partial charge in [0.25, 0.3) is 0 Å². The standard InChI is InChI=1S/C21H24N2OS/c22-18-8-6-15(7-9-18)21(24)14-23-12-16-10-20(11-17(16)13-23)25-19-4-2-1-3-5-19/h1-9,16-17,20H,10-14,22H2/t16-,17+,20+. The molecule has 0 unspecified atom stereocenters. The summed E-state index contributed by atoms with van der Waals surface area (Å²) in [6.07, 6.45) is 2.55. The Bertz CT molecular complexity index is 717. The van der Waals surface area contributed by atoms with Crippen molar-refractivity contribution in [3.05, 3.63) is 60.2 Å². The van der Waals surface area contributed by atoms with E-state index in [0.717, 1.165) is 35.7 Å². The van der Waals surface area contributed by atoms with Gasteiger partial charge in [0.15, 0.2) is 5.78 Å². The van der Waals surface area contributed by atoms with Gasteiger partial charge in [-0.25, -0.2) is 0 Å². The molecule has 0 aromatic heterocycles. The number of rotatable bonds is 5. The van der Waals surface area contributed by atoms with E-state index in [4.69, 9.17) is 5.73 Å². The van der Waals surface area contributed by atoms with E-state index in [1.54, 1.807) is 12.1 Å². The van der Waals surface area contributed by atoms with E-state index < -0.39 is 0 Å². The fourth-order valence-corrected chi connectivity index (χ4v) is 5.61. The van der Waals surface area contributed by atoms with Crippen molar-refractivity contribution in [3.63, 3.8) is 0 Å². The van der Waals surface area contributed by atoms with Gasteiger partial charge in [0, 0.05) is 34.5 Å². The summed E-state index contributed by atoms with van der Waals surface area (Å²) in [5.74, 6) is 1.70. The van der Waals surface area contributed by atoms with E-state index in [9.17, 15) is 4.79 Å². The topological polar surface area (TPSA) is 46.3 Å². The van der Waals surface area contributed by atoms with Crippen molar-refractivity contribution in [3.8, 4) is 0 Å². The number of benzene rings is 2. The zero-order valence-corrected chi connectivity index (χ0v) is 15.1. The lowest BCUT2D eigenvalue weighted by Crippen LogP contribution is -2.29. The van der Waals surface area contributed by atoms with Crippen LogP contribution in [0.25, 0.3) is 0 Å². The van der Waals surface area contributed by atoms with Crippen molar-refractivity contribution in [2.45, 2.75) is 23.0 Å². The molecule has 4 heteroatoms. The van der Waals surface area contributed by atoms with Crippen LogP contribution in [-0.2, 0) is 0 Å². The molecule has 4 rings (SSSR count). The highest BCUT2D eigenvalue weighted by Gasteiger charge is 2.41. The number of nitrogens with zero attached hydrogens (tertiary/aromatic N) is 1. The molecular weight excluding hydrogens is 328 g/mol. The van der Waals surface area contributed by atoms with E-state index >= 15 is 0 Å². The summed E-state index contributed by atoms with van der Waals surface area (Å²) >= 11 is 2.02. The summed E-state index contributed by atoms with van der Waals surface area (Å²) < 4.78 is 0. The Hall–Kier alpha value is -1.78. The summed E-state index contributed by atoms with van der Waals surface area (Å²) in [4.78, 5) is 16.2. The van der Waals surface area contributed by atoms with Gasteiger partial charge in [0.2, 0.25) is 0 Å². The van der Waals surface area contributed by atoms with E-state index in [0.29, 0.717) is 12.2 Å². The Morgan fingerprint density at radius 3 is 2.28 bits per heavy atom. The Balaban J connectivity index is 1.29. The molecule has 3 atom stereocenters. The third-order valence-electron chi connectivity index (χ3n) is 5.43. The Morgan fingerprint density at radius 2 is 1.64 bits per heavy atom. The molecule has 2 fully saturated rings. The molecule has 1 heterocycles. The van der Waals surface area contributed by atoms with Gasteiger partial charge < -0.3 is 5.73 Å². The van der Waals surface area contributed by atoms with Crippen LogP contribution < -0.4 is 5.73 Å². The molecule has 0 amide bonds. The molecular formula is C21H24N2OS. The summed E-state index contributed by atoms with van der Waals surface area (Å²) in [5.41, 5.74) is 7.17. The van der Waals surface area contributed by atoms with Crippen LogP contribution in [0.3, 0.4) is 0 Å². The molecule has 130 valence electrons. The zero-order chi connectivity index (χ0) is 17.2. The second-order valence-electron chi connectivity index (χ2n) is 7.28. The number of likely N-dealkylation sites (tertiary alicyclic amines) is 1. The Morgan fingerprint density at radius 1 is 1.00 bits per heavy atom. The maximum atomic E-state index is 12.5. The Kier molecular flexibility index (Phi) is 4.82. The van der Waals surface area contributed by atoms with Crippen molar-refractivity contribution in [1.82, 2.24) is 4.90 Å². The summed E-state index contributed by atoms with van der Waals surface area (Å²) in [5, 5.41) is 0.729. The van der Waals surface area contributed by atoms with Crippen LogP contribution in [0.4, 0.5) is 5.69 Å². The predicted molar refractivity (Wildman–Crippen MR) is 104 cm³/mol. The molecule has 2 aliphatic rings. The number of thioether (sulfide) groups is 1. The van der Waals surface area contributed by atoms with E-state index in [2.05, 4.69) is 35.2 Å². The molecule has 0 bridgehead atoms. The number of anilines is 1. The van der Waals surface area contributed by atoms with Gasteiger partial charge in [-0.05, 0) is 61.1 Å². The summed E-state index contributed by atoms with van der Waals surface area (Å²) in [7, 11) is 0. The number of hydrogen-bond donors (Lipinski definition) is 1. The fraction of sp³-hybridized carbons (Fsp3) is 0.381. The van der Waals surface area contributed by atoms with Crippen molar-refractivity contribution in [2.75, 3.05) is 25.4 Å². The van der Waals surface area contributed by atoms with Crippen LogP contribution in [-0.4, -0.2) is 35.6 Å². The highest BCUT2D eigenvalue weighted by molar-refractivity contribution is 8.00. The van der Waals surface area contributed by atoms with Gasteiger partial charge in [-0.3, -0.25) is 9.69 Å². The zero-order valence-electron chi connectivity index (χ0n) is 14.3. The van der Waals surface area contributed by atoms with Crippen molar-refractivity contribution >= 4 is 23.2 Å². The third kappa shape index (κ3) is 3.91. The molecule has 1 aliphatic heterocycles. The molecule has 2 N–H and O–H groups in total. The van der Waals surface area contributed by atoms with Crippen LogP contribution in [0.5, 0.6) is 0 Å². The summed E-state index contributed by atoms with van der Waals surface area (Å²) in [6, 6.07) is 18.0. The third-order valence-corrected chi connectivity index (χ3v) is 6.69. The molecule has 3 nitrogen and oxygen atoms in total. The van der Waals surface area contributed by atoms with E-state index in [1.165, 1.54) is 17.7 Å². The lowest BCUT2D eigenvalue weighted by atomic mass is 10.0. The van der Waals surface area contributed by atoms with Crippen LogP contribution in [0.2, 0.25) is 0 Å². The van der Waals surface area contributed by atoms with Gasteiger partial charge in [0.1, 0.15) is 0 Å². The van der Waals surface area contributed by atoms with Crippen molar-refractivity contribution in [1.29, 1.82) is 0 Å². The molecule has 0 radical (unpaired) electrons. The average molecular weight is 353 g/mol. The Labute approximate surface area is 153 Å². The van der Waals surface area contributed by atoms with Gasteiger partial charge in [-0.15, -0.1) is 11.8 Å². The van der Waals surface area contributed by atoms with Crippen LogP contribution >= 0.6 is 11.8 Å². The lowest BCUT2D eigenvalue weighted by Gasteiger charge is -2.18. The fourth-order valence-electron chi connectivity index (χ4n) is 4.22. The van der Waals surface area contributed by atoms with Crippen molar-refractivity contribution in [2.24, 2.45) is 11.8 Å². The highest BCUT2D eigenvalue weighted by Crippen LogP contribution is 2.44. The average Bonchev–Trinajstić information content (AvgIpc) is 3.14. The van der Waals surface area contributed by atoms with Gasteiger partial charge in [0.05, 0.1) is 6.54 Å². The predicted octanol–water partition coefficient (Wildman–Crippen LogP) is 3.95. The molecule has 2 aromatic carbocycles. The SMILES string of the molecule is Nc1ccc(C(=O)CN2C[C@H]3C[C@H](Sc4ccccc4)C[C@H]3C2)cc1. The number of fused-ring (bicyclic) bond motifs is 1. The molecule has 0 spiro atoms. The lowest BCUT2D eigenvalue weighted by molar-refractivity contribution is 0.0941. The van der Waals surface area contributed by atoms with Gasteiger partial charge in [-0.1, -0.05) is 18.2 Å². The van der Waals surface area contributed by atoms with Crippen LogP contribution in [0.15, 0.2) is 59.5 Å². The number of carbonyl (C=O) groups excluding carboxylic acids is 1. The number of hydrogen-bond acceptors (Lipinski definition) is 4. The van der Waals surface area contributed by atoms with Crippen LogP contribution in [0, 0.1) is 11.8 Å². The maximum absolute atomic E-state index is 12.5. The normalized spacial score (nSPS) is 25.8. The van der Waals surface area contributed by atoms with E-state index in [-0.39, 0.29) is 5.78 Å². The number of nitrogen functional groups attached to an aromatic ring is 1. The molecule has 2 aromatic rings. The van der Waals surface area contributed by atoms with E-state index in [1.807, 2.05) is 23.9 Å². The smallest absolute Gasteiger partial charge is 0.176 e. The first-order valence-corrected chi connectivity index (χ1v) is 9.88. The van der Waals surface area contributed by atoms with Crippen LogP contribution in [0.1, 0.15) is 23.2 Å². The van der Waals surface area contributed by atoms with Gasteiger partial charge in [-0.2, -0.15) is 0 Å². The number of nitrogens with two attached hydrogens (primary N) is 1. The molecule has 25 heavy (non-hydrogen) atoms. The quantitative estimate of drug-likeness (QED) is 0.654. The first-order valence-electron chi connectivity index (χ1n) is 9.00. The second kappa shape index (κ2) is 7.22. The minimum atomic E-state index is 0.204. The highest BCUT2D eigenvalue weighted by atomic mass is 32.2. The largest absolute Gasteiger partial charge is 0.399 e. The second-order valence-corrected chi connectivity index (χ2v) is 8.66. The maximum Gasteiger partial charge on any atom is 0.176 e. The monoisotopic (exact) mass is 352 g/mol. The first kappa shape index (κ1) is 16.7. The van der Waals surface area contributed by atoms with Gasteiger partial charge >= 0.3 is 0 Å². The first-order chi connectivity index (χ1) is 12.2. The minimum absolute atomic E-state index is 0.204. The minimum Gasteiger partial charge on any atom is -0.399 e. The molecule has 1 saturated carbocycles. The summed E-state index contributed by atoms with van der Waals surface area (Å²) in [6.45, 7) is 2.67. The molecule has 1 aliphatic carbocycles. The number of ketones is 1. The number of carbonyl (C=O) groups is 1. The number of Topliss-reactive ketones (excluding diaryl/α,β-unsaturated/α-hetero) is 1.